The summed E-state index contributed by atoms with van der Waals surface area (Å²) >= 11 is 2.06. The van der Waals surface area contributed by atoms with Crippen LogP contribution < -0.4 is 5.32 Å². The molecule has 0 radical (unpaired) electrons. The van der Waals surface area contributed by atoms with E-state index in [-0.39, 0.29) is 11.7 Å². The molecule has 0 aromatic carbocycles. The van der Waals surface area contributed by atoms with Crippen molar-refractivity contribution >= 4 is 27.8 Å². The summed E-state index contributed by atoms with van der Waals surface area (Å²) in [6, 6.07) is 3.76. The van der Waals surface area contributed by atoms with Crippen LogP contribution in [0.3, 0.4) is 0 Å². The van der Waals surface area contributed by atoms with Crippen molar-refractivity contribution in [2.75, 3.05) is 5.32 Å². The zero-order valence-electron chi connectivity index (χ0n) is 10.3. The van der Waals surface area contributed by atoms with Crippen LogP contribution in [-0.4, -0.2) is 9.97 Å². The maximum Gasteiger partial charge on any atom is 0.427 e. The molecule has 3 rings (SSSR count). The fraction of sp³-hybridized carbons (Fsp3) is 0.167. The lowest BCUT2D eigenvalue weighted by molar-refractivity contribution is -0.134. The molecule has 0 aliphatic heterocycles. The Morgan fingerprint density at radius 2 is 2.19 bits per heavy atom. The molecule has 21 heavy (non-hydrogen) atoms. The number of thiophene rings is 1. The number of anilines is 1. The van der Waals surface area contributed by atoms with Gasteiger partial charge in [-0.05, 0) is 11.4 Å². The maximum absolute atomic E-state index is 12.4. The van der Waals surface area contributed by atoms with Gasteiger partial charge in [-0.2, -0.15) is 13.2 Å². The van der Waals surface area contributed by atoms with Crippen LogP contribution in [0.15, 0.2) is 34.4 Å². The number of aromatic nitrogens is 2. The molecular weight excluding hydrogens is 323 g/mol. The molecule has 4 nitrogen and oxygen atoms in total. The molecule has 0 aliphatic rings. The van der Waals surface area contributed by atoms with Gasteiger partial charge in [0, 0.05) is 0 Å². The van der Waals surface area contributed by atoms with E-state index in [0.717, 1.165) is 11.1 Å². The average molecular weight is 331 g/mol. The van der Waals surface area contributed by atoms with Crippen LogP contribution in [0.1, 0.15) is 10.6 Å². The summed E-state index contributed by atoms with van der Waals surface area (Å²) < 4.78 is 42.6. The Balaban J connectivity index is 1.64. The number of halogens is 3. The Labute approximate surface area is 125 Å². The zero-order valence-corrected chi connectivity index (χ0v) is 12.0. The SMILES string of the molecule is FC(F)(F)c1cnc(NCc2coc(-c3cccs3)n2)s1. The highest BCUT2D eigenvalue weighted by atomic mass is 32.1. The molecule has 110 valence electrons. The third-order valence-corrected chi connectivity index (χ3v) is 4.35. The van der Waals surface area contributed by atoms with E-state index in [1.807, 2.05) is 17.5 Å². The fourth-order valence-electron chi connectivity index (χ4n) is 1.55. The summed E-state index contributed by atoms with van der Waals surface area (Å²) in [7, 11) is 0. The number of hydrogen-bond donors (Lipinski definition) is 1. The van der Waals surface area contributed by atoms with Crippen molar-refractivity contribution in [2.24, 2.45) is 0 Å². The van der Waals surface area contributed by atoms with Gasteiger partial charge < -0.3 is 9.73 Å². The highest BCUT2D eigenvalue weighted by Crippen LogP contribution is 2.35. The molecule has 0 saturated heterocycles. The smallest absolute Gasteiger partial charge is 0.427 e. The van der Waals surface area contributed by atoms with Crippen LogP contribution in [0, 0.1) is 0 Å². The van der Waals surface area contributed by atoms with Crippen LogP contribution in [0.25, 0.3) is 10.8 Å². The van der Waals surface area contributed by atoms with E-state index in [0.29, 0.717) is 22.9 Å². The minimum atomic E-state index is -4.36. The van der Waals surface area contributed by atoms with Crippen LogP contribution in [0.5, 0.6) is 0 Å². The molecule has 3 heterocycles. The van der Waals surface area contributed by atoms with Crippen LogP contribution in [-0.2, 0) is 12.7 Å². The molecule has 0 fully saturated rings. The van der Waals surface area contributed by atoms with Gasteiger partial charge in [-0.3, -0.25) is 0 Å². The Kier molecular flexibility index (Phi) is 3.68. The lowest BCUT2D eigenvalue weighted by atomic mass is 10.4. The first kappa shape index (κ1) is 14.1. The van der Waals surface area contributed by atoms with Crippen molar-refractivity contribution < 1.29 is 17.6 Å². The normalized spacial score (nSPS) is 11.8. The molecule has 3 aromatic heterocycles. The monoisotopic (exact) mass is 331 g/mol. The maximum atomic E-state index is 12.4. The van der Waals surface area contributed by atoms with Crippen molar-refractivity contribution in [2.45, 2.75) is 12.7 Å². The number of hydrogen-bond acceptors (Lipinski definition) is 6. The highest BCUT2D eigenvalue weighted by Gasteiger charge is 2.33. The Hall–Kier alpha value is -1.87. The first-order valence-electron chi connectivity index (χ1n) is 5.77. The second kappa shape index (κ2) is 5.49. The predicted octanol–water partition coefficient (Wildman–Crippen LogP) is 4.49. The Morgan fingerprint density at radius 1 is 1.33 bits per heavy atom. The zero-order chi connectivity index (χ0) is 14.9. The van der Waals surface area contributed by atoms with E-state index in [1.54, 1.807) is 0 Å². The third kappa shape index (κ3) is 3.24. The largest absolute Gasteiger partial charge is 0.443 e. The van der Waals surface area contributed by atoms with Gasteiger partial charge in [0.15, 0.2) is 5.13 Å². The minimum Gasteiger partial charge on any atom is -0.443 e. The number of nitrogens with zero attached hydrogens (tertiary/aromatic N) is 2. The van der Waals surface area contributed by atoms with Crippen LogP contribution >= 0.6 is 22.7 Å². The summed E-state index contributed by atoms with van der Waals surface area (Å²) in [5, 5.41) is 4.91. The first-order valence-corrected chi connectivity index (χ1v) is 7.47. The average Bonchev–Trinajstić information content (AvgIpc) is 3.16. The number of thiazole rings is 1. The van der Waals surface area contributed by atoms with E-state index >= 15 is 0 Å². The van der Waals surface area contributed by atoms with Gasteiger partial charge in [-0.15, -0.1) is 11.3 Å². The van der Waals surface area contributed by atoms with Crippen molar-refractivity contribution in [3.8, 4) is 10.8 Å². The first-order chi connectivity index (χ1) is 10.0. The molecule has 9 heteroatoms. The van der Waals surface area contributed by atoms with Crippen molar-refractivity contribution in [3.05, 3.63) is 40.5 Å². The van der Waals surface area contributed by atoms with Gasteiger partial charge in [-0.1, -0.05) is 17.4 Å². The summed E-state index contributed by atoms with van der Waals surface area (Å²) in [5.74, 6) is 0.497. The molecule has 0 atom stereocenters. The molecule has 0 aliphatic carbocycles. The Bertz CT molecular complexity index is 718. The second-order valence-electron chi connectivity index (χ2n) is 4.00. The molecule has 0 spiro atoms. The molecule has 0 saturated carbocycles. The highest BCUT2D eigenvalue weighted by molar-refractivity contribution is 7.15. The number of rotatable bonds is 4. The summed E-state index contributed by atoms with van der Waals surface area (Å²) in [6.07, 6.45) is -2.08. The van der Waals surface area contributed by atoms with Crippen molar-refractivity contribution in [3.63, 3.8) is 0 Å². The van der Waals surface area contributed by atoms with Crippen LogP contribution in [0.4, 0.5) is 18.3 Å². The minimum absolute atomic E-state index is 0.197. The lowest BCUT2D eigenvalue weighted by Gasteiger charge is -2.00. The number of oxazole rings is 1. The van der Waals surface area contributed by atoms with Gasteiger partial charge in [0.05, 0.1) is 23.3 Å². The fourth-order valence-corrected chi connectivity index (χ4v) is 2.89. The lowest BCUT2D eigenvalue weighted by Crippen LogP contribution is -2.01. The van der Waals surface area contributed by atoms with Gasteiger partial charge in [0.25, 0.3) is 0 Å². The van der Waals surface area contributed by atoms with E-state index in [1.165, 1.54) is 17.6 Å². The van der Waals surface area contributed by atoms with Gasteiger partial charge >= 0.3 is 6.18 Å². The Morgan fingerprint density at radius 3 is 2.86 bits per heavy atom. The van der Waals surface area contributed by atoms with E-state index in [2.05, 4.69) is 15.3 Å². The molecule has 3 aromatic rings. The van der Waals surface area contributed by atoms with Crippen molar-refractivity contribution in [1.29, 1.82) is 0 Å². The molecule has 0 unspecified atom stereocenters. The van der Waals surface area contributed by atoms with E-state index in [9.17, 15) is 13.2 Å². The van der Waals surface area contributed by atoms with Gasteiger partial charge in [-0.25, -0.2) is 9.97 Å². The third-order valence-electron chi connectivity index (χ3n) is 2.49. The predicted molar refractivity (Wildman–Crippen MR) is 74.3 cm³/mol. The molecule has 1 N–H and O–H groups in total. The topological polar surface area (TPSA) is 51.0 Å². The second-order valence-corrected chi connectivity index (χ2v) is 5.98. The van der Waals surface area contributed by atoms with E-state index in [4.69, 9.17) is 4.42 Å². The summed E-state index contributed by atoms with van der Waals surface area (Å²) in [5.41, 5.74) is 0.599. The number of alkyl halides is 3. The molecular formula is C12H8F3N3OS2. The summed E-state index contributed by atoms with van der Waals surface area (Å²) in [4.78, 5) is 8.11. The van der Waals surface area contributed by atoms with Crippen LogP contribution in [0.2, 0.25) is 0 Å². The van der Waals surface area contributed by atoms with Gasteiger partial charge in [0.2, 0.25) is 5.89 Å². The standard InChI is InChI=1S/C12H8F3N3OS2/c13-12(14,15)9-5-17-11(21-9)16-4-7-6-19-10(18-7)8-2-1-3-20-8/h1-3,5-6H,4H2,(H,16,17). The quantitative estimate of drug-likeness (QED) is 0.765. The molecule has 0 amide bonds. The number of nitrogens with one attached hydrogen (secondary N) is 1. The van der Waals surface area contributed by atoms with Gasteiger partial charge in [0.1, 0.15) is 11.1 Å². The molecule has 0 bridgehead atoms. The van der Waals surface area contributed by atoms with E-state index < -0.39 is 11.1 Å². The van der Waals surface area contributed by atoms with Crippen molar-refractivity contribution in [1.82, 2.24) is 9.97 Å². The summed E-state index contributed by atoms with van der Waals surface area (Å²) in [6.45, 7) is 0.250.